The highest BCUT2D eigenvalue weighted by Crippen LogP contribution is 2.00. The highest BCUT2D eigenvalue weighted by atomic mass is 35.5. The van der Waals surface area contributed by atoms with Gasteiger partial charge in [0.1, 0.15) is 0 Å². The van der Waals surface area contributed by atoms with E-state index >= 15 is 0 Å². The summed E-state index contributed by atoms with van der Waals surface area (Å²) in [6, 6.07) is 0.593. The lowest BCUT2D eigenvalue weighted by Gasteiger charge is -2.28. The van der Waals surface area contributed by atoms with Crippen molar-refractivity contribution in [1.82, 2.24) is 9.80 Å². The van der Waals surface area contributed by atoms with Gasteiger partial charge in [0.25, 0.3) is 0 Å². The summed E-state index contributed by atoms with van der Waals surface area (Å²) >= 11 is 5.58. The molecular formula is C11H23ClN2. The first kappa shape index (κ1) is 13.9. The summed E-state index contributed by atoms with van der Waals surface area (Å²) in [6.07, 6.45) is 4.15. The zero-order valence-corrected chi connectivity index (χ0v) is 10.6. The summed E-state index contributed by atoms with van der Waals surface area (Å²) in [5, 5.41) is 0. The van der Waals surface area contributed by atoms with E-state index in [1.165, 1.54) is 0 Å². The summed E-state index contributed by atoms with van der Waals surface area (Å²) in [6.45, 7) is 7.64. The van der Waals surface area contributed by atoms with Gasteiger partial charge < -0.3 is 4.90 Å². The van der Waals surface area contributed by atoms with Crippen LogP contribution in [0.2, 0.25) is 0 Å². The lowest BCUT2D eigenvalue weighted by Crippen LogP contribution is -2.40. The van der Waals surface area contributed by atoms with Crippen molar-refractivity contribution in [2.75, 3.05) is 39.6 Å². The van der Waals surface area contributed by atoms with Gasteiger partial charge in [0, 0.05) is 25.0 Å². The molecule has 0 radical (unpaired) electrons. The van der Waals surface area contributed by atoms with E-state index in [1.807, 2.05) is 6.08 Å². The number of halogens is 1. The molecule has 3 heteroatoms. The van der Waals surface area contributed by atoms with Crippen molar-refractivity contribution in [3.8, 4) is 0 Å². The molecule has 1 atom stereocenters. The van der Waals surface area contributed by atoms with Gasteiger partial charge in [0.2, 0.25) is 0 Å². The topological polar surface area (TPSA) is 6.48 Å². The lowest BCUT2D eigenvalue weighted by molar-refractivity contribution is 0.198. The maximum Gasteiger partial charge on any atom is 0.0404 e. The molecule has 0 heterocycles. The summed E-state index contributed by atoms with van der Waals surface area (Å²) in [5.74, 6) is 0.611. The molecule has 0 aromatic carbocycles. The quantitative estimate of drug-likeness (QED) is 0.477. The van der Waals surface area contributed by atoms with Crippen LogP contribution in [-0.4, -0.2) is 55.5 Å². The molecule has 0 saturated heterocycles. The van der Waals surface area contributed by atoms with Crippen LogP contribution in [-0.2, 0) is 0 Å². The van der Waals surface area contributed by atoms with Gasteiger partial charge in [-0.2, -0.15) is 0 Å². The predicted octanol–water partition coefficient (Wildman–Crippen LogP) is 2.05. The Labute approximate surface area is 93.5 Å². The molecule has 14 heavy (non-hydrogen) atoms. The molecular weight excluding hydrogens is 196 g/mol. The molecule has 0 spiro atoms. The molecule has 0 aromatic rings. The minimum atomic E-state index is 0.593. The van der Waals surface area contributed by atoms with E-state index in [-0.39, 0.29) is 0 Å². The van der Waals surface area contributed by atoms with Gasteiger partial charge in [-0.1, -0.05) is 19.1 Å². The van der Waals surface area contributed by atoms with Crippen LogP contribution in [0.15, 0.2) is 12.2 Å². The molecule has 0 fully saturated rings. The smallest absolute Gasteiger partial charge is 0.0404 e. The lowest BCUT2D eigenvalue weighted by atomic mass is 10.2. The van der Waals surface area contributed by atoms with Crippen molar-refractivity contribution in [3.05, 3.63) is 12.2 Å². The molecule has 0 rings (SSSR count). The summed E-state index contributed by atoms with van der Waals surface area (Å²) in [5.41, 5.74) is 0. The highest BCUT2D eigenvalue weighted by Gasteiger charge is 2.10. The molecule has 0 saturated carbocycles. The number of nitrogens with zero attached hydrogens (tertiary/aromatic N) is 2. The van der Waals surface area contributed by atoms with Gasteiger partial charge in [0.15, 0.2) is 0 Å². The monoisotopic (exact) mass is 218 g/mol. The first-order valence-electron chi connectivity index (χ1n) is 5.21. The molecule has 1 unspecified atom stereocenters. The average molecular weight is 219 g/mol. The Hall–Kier alpha value is -0.0500. The normalized spacial score (nSPS) is 14.5. The fourth-order valence-electron chi connectivity index (χ4n) is 1.54. The van der Waals surface area contributed by atoms with Crippen molar-refractivity contribution < 1.29 is 0 Å². The van der Waals surface area contributed by atoms with Crippen LogP contribution in [0.1, 0.15) is 13.8 Å². The Morgan fingerprint density at radius 3 is 2.36 bits per heavy atom. The number of likely N-dealkylation sites (N-methyl/N-ethyl adjacent to an activating group) is 2. The van der Waals surface area contributed by atoms with Crippen molar-refractivity contribution in [2.24, 2.45) is 0 Å². The first-order chi connectivity index (χ1) is 6.61. The van der Waals surface area contributed by atoms with Crippen molar-refractivity contribution in [2.45, 2.75) is 19.9 Å². The van der Waals surface area contributed by atoms with Gasteiger partial charge in [-0.25, -0.2) is 0 Å². The van der Waals surface area contributed by atoms with Gasteiger partial charge in [0.05, 0.1) is 0 Å². The molecule has 2 nitrogen and oxygen atoms in total. The van der Waals surface area contributed by atoms with E-state index in [9.17, 15) is 0 Å². The van der Waals surface area contributed by atoms with Crippen LogP contribution < -0.4 is 0 Å². The summed E-state index contributed by atoms with van der Waals surface area (Å²) < 4.78 is 0. The molecule has 0 N–H and O–H groups in total. The van der Waals surface area contributed by atoms with Crippen LogP contribution in [0.25, 0.3) is 0 Å². The number of allylic oxidation sites excluding steroid dienone is 1. The average Bonchev–Trinajstić information content (AvgIpc) is 2.11. The summed E-state index contributed by atoms with van der Waals surface area (Å²) in [7, 11) is 4.22. The number of rotatable bonds is 7. The Morgan fingerprint density at radius 1 is 1.29 bits per heavy atom. The van der Waals surface area contributed by atoms with E-state index in [2.05, 4.69) is 43.8 Å². The third-order valence-electron chi connectivity index (χ3n) is 2.25. The fourth-order valence-corrected chi connectivity index (χ4v) is 1.66. The molecule has 0 aliphatic heterocycles. The Bertz CT molecular complexity index is 157. The minimum Gasteiger partial charge on any atom is -0.308 e. The highest BCUT2D eigenvalue weighted by molar-refractivity contribution is 6.18. The van der Waals surface area contributed by atoms with Crippen molar-refractivity contribution in [3.63, 3.8) is 0 Å². The van der Waals surface area contributed by atoms with Gasteiger partial charge in [-0.15, -0.1) is 11.6 Å². The Kier molecular flexibility index (Phi) is 8.24. The van der Waals surface area contributed by atoms with Crippen LogP contribution in [0.3, 0.4) is 0 Å². The largest absolute Gasteiger partial charge is 0.308 e. The van der Waals surface area contributed by atoms with Gasteiger partial charge >= 0.3 is 0 Å². The first-order valence-corrected chi connectivity index (χ1v) is 5.75. The van der Waals surface area contributed by atoms with Crippen LogP contribution >= 0.6 is 11.6 Å². The zero-order chi connectivity index (χ0) is 11.0. The van der Waals surface area contributed by atoms with Gasteiger partial charge in [-0.05, 0) is 27.6 Å². The maximum absolute atomic E-state index is 5.58. The molecule has 84 valence electrons. The van der Waals surface area contributed by atoms with Crippen LogP contribution in [0.4, 0.5) is 0 Å². The molecule has 0 aromatic heterocycles. The van der Waals surface area contributed by atoms with E-state index in [0.717, 1.165) is 19.6 Å². The predicted molar refractivity (Wildman–Crippen MR) is 65.1 cm³/mol. The summed E-state index contributed by atoms with van der Waals surface area (Å²) in [4.78, 5) is 4.65. The maximum atomic E-state index is 5.58. The van der Waals surface area contributed by atoms with Crippen molar-refractivity contribution >= 4 is 11.6 Å². The molecule has 0 amide bonds. The van der Waals surface area contributed by atoms with Crippen LogP contribution in [0, 0.1) is 0 Å². The van der Waals surface area contributed by atoms with E-state index in [0.29, 0.717) is 11.9 Å². The molecule has 0 bridgehead atoms. The number of alkyl halides is 1. The third-order valence-corrected chi connectivity index (χ3v) is 2.43. The minimum absolute atomic E-state index is 0.593. The standard InChI is InChI=1S/C11H23ClN2/c1-5-14(9-7-6-8-12)11(2)10-13(3)4/h6-7,11H,5,8-10H2,1-4H3/b7-6+. The van der Waals surface area contributed by atoms with Crippen LogP contribution in [0.5, 0.6) is 0 Å². The third kappa shape index (κ3) is 6.41. The zero-order valence-electron chi connectivity index (χ0n) is 9.83. The molecule has 0 aliphatic carbocycles. The number of hydrogen-bond acceptors (Lipinski definition) is 2. The van der Waals surface area contributed by atoms with Gasteiger partial charge in [-0.3, -0.25) is 4.90 Å². The molecule has 0 aliphatic rings. The van der Waals surface area contributed by atoms with Crippen molar-refractivity contribution in [1.29, 1.82) is 0 Å². The second-order valence-corrected chi connectivity index (χ2v) is 4.13. The Balaban J connectivity index is 3.92. The Morgan fingerprint density at radius 2 is 1.93 bits per heavy atom. The van der Waals surface area contributed by atoms with E-state index in [1.54, 1.807) is 0 Å². The van der Waals surface area contributed by atoms with E-state index < -0.39 is 0 Å². The second kappa shape index (κ2) is 8.27. The fraction of sp³-hybridized carbons (Fsp3) is 0.818. The number of hydrogen-bond donors (Lipinski definition) is 0. The SMILES string of the molecule is CCN(C/C=C/CCl)C(C)CN(C)C. The van der Waals surface area contributed by atoms with E-state index in [4.69, 9.17) is 11.6 Å². The second-order valence-electron chi connectivity index (χ2n) is 3.82.